The molecule has 2 aromatic carbocycles. The van der Waals surface area contributed by atoms with Gasteiger partial charge in [-0.2, -0.15) is 5.10 Å². The van der Waals surface area contributed by atoms with Crippen LogP contribution in [-0.4, -0.2) is 45.5 Å². The van der Waals surface area contributed by atoms with Crippen LogP contribution in [0.5, 0.6) is 5.75 Å². The van der Waals surface area contributed by atoms with Gasteiger partial charge in [0, 0.05) is 24.4 Å². The average molecular weight is 487 g/mol. The summed E-state index contributed by atoms with van der Waals surface area (Å²) in [6, 6.07) is 16.3. The molecule has 0 saturated carbocycles. The van der Waals surface area contributed by atoms with Gasteiger partial charge in [0.2, 0.25) is 5.78 Å². The number of ether oxygens (including phenoxy) is 1. The Balaban J connectivity index is 1.59. The van der Waals surface area contributed by atoms with Crippen LogP contribution in [0.2, 0.25) is 0 Å². The fraction of sp³-hybridized carbons (Fsp3) is 0.115. The van der Waals surface area contributed by atoms with Gasteiger partial charge in [0.25, 0.3) is 11.8 Å². The minimum atomic E-state index is -1.19. The Kier molecular flexibility index (Phi) is 7.15. The number of Topliss-reactive ketones (excluding diaryl/α,β-unsaturated/α-hetero) is 1. The number of hydrogen-bond acceptors (Lipinski definition) is 6. The van der Waals surface area contributed by atoms with E-state index in [-0.39, 0.29) is 23.6 Å². The van der Waals surface area contributed by atoms with Crippen LogP contribution >= 0.6 is 0 Å². The van der Waals surface area contributed by atoms with Crippen molar-refractivity contribution in [3.05, 3.63) is 96.1 Å². The highest BCUT2D eigenvalue weighted by atomic mass is 19.1. The van der Waals surface area contributed by atoms with Crippen molar-refractivity contribution in [1.29, 1.82) is 0 Å². The Morgan fingerprint density at radius 3 is 2.44 bits per heavy atom. The van der Waals surface area contributed by atoms with Crippen molar-refractivity contribution >= 4 is 17.6 Å². The van der Waals surface area contributed by atoms with Crippen LogP contribution < -0.4 is 15.8 Å². The number of nitrogens with zero attached hydrogens (tertiary/aromatic N) is 3. The SMILES string of the molecule is COc1ccc(CC(NC(=O)c2cccnc2-n2ccc(-c3ccc(F)cc3)n2)C(=O)C(N)=O)cc1. The summed E-state index contributed by atoms with van der Waals surface area (Å²) in [4.78, 5) is 41.6. The highest BCUT2D eigenvalue weighted by Crippen LogP contribution is 2.20. The molecule has 3 N–H and O–H groups in total. The van der Waals surface area contributed by atoms with Crippen LogP contribution in [0.15, 0.2) is 79.1 Å². The molecule has 0 aliphatic carbocycles. The zero-order chi connectivity index (χ0) is 25.7. The van der Waals surface area contributed by atoms with Crippen LogP contribution in [0.3, 0.4) is 0 Å². The van der Waals surface area contributed by atoms with Gasteiger partial charge in [-0.15, -0.1) is 0 Å². The molecule has 4 rings (SSSR count). The highest BCUT2D eigenvalue weighted by molar-refractivity contribution is 6.38. The summed E-state index contributed by atoms with van der Waals surface area (Å²) in [6.45, 7) is 0. The van der Waals surface area contributed by atoms with Crippen molar-refractivity contribution in [2.24, 2.45) is 5.73 Å². The third kappa shape index (κ3) is 5.44. The topological polar surface area (TPSA) is 129 Å². The molecule has 0 spiro atoms. The molecule has 4 aromatic rings. The molecule has 0 fully saturated rings. The van der Waals surface area contributed by atoms with Crippen molar-refractivity contribution in [3.8, 4) is 22.8 Å². The van der Waals surface area contributed by atoms with Gasteiger partial charge in [0.15, 0.2) is 5.82 Å². The first-order valence-corrected chi connectivity index (χ1v) is 10.9. The molecule has 0 aliphatic heterocycles. The van der Waals surface area contributed by atoms with Crippen molar-refractivity contribution < 1.29 is 23.5 Å². The summed E-state index contributed by atoms with van der Waals surface area (Å²) in [7, 11) is 1.53. The number of methoxy groups -OCH3 is 1. The monoisotopic (exact) mass is 487 g/mol. The number of amides is 2. The number of carbonyl (C=O) groups excluding carboxylic acids is 3. The molecule has 182 valence electrons. The molecule has 0 aliphatic rings. The molecule has 2 aromatic heterocycles. The number of primary amides is 1. The van der Waals surface area contributed by atoms with Gasteiger partial charge in [-0.25, -0.2) is 14.1 Å². The Morgan fingerprint density at radius 1 is 1.06 bits per heavy atom. The number of halogens is 1. The van der Waals surface area contributed by atoms with Gasteiger partial charge >= 0.3 is 0 Å². The van der Waals surface area contributed by atoms with E-state index in [2.05, 4.69) is 15.4 Å². The molecule has 2 amide bonds. The second-order valence-corrected chi connectivity index (χ2v) is 7.83. The third-order valence-electron chi connectivity index (χ3n) is 5.44. The zero-order valence-electron chi connectivity index (χ0n) is 19.2. The van der Waals surface area contributed by atoms with E-state index in [4.69, 9.17) is 10.5 Å². The van der Waals surface area contributed by atoms with Gasteiger partial charge in [-0.3, -0.25) is 14.4 Å². The summed E-state index contributed by atoms with van der Waals surface area (Å²) in [6.07, 6.45) is 3.15. The summed E-state index contributed by atoms with van der Waals surface area (Å²) in [5.41, 5.74) is 7.28. The number of aromatic nitrogens is 3. The lowest BCUT2D eigenvalue weighted by Gasteiger charge is -2.17. The van der Waals surface area contributed by atoms with Crippen molar-refractivity contribution in [2.75, 3.05) is 7.11 Å². The van der Waals surface area contributed by atoms with Crippen LogP contribution in [0.4, 0.5) is 4.39 Å². The zero-order valence-corrected chi connectivity index (χ0v) is 19.2. The molecule has 36 heavy (non-hydrogen) atoms. The van der Waals surface area contributed by atoms with E-state index in [1.807, 2.05) is 0 Å². The van der Waals surface area contributed by atoms with Crippen molar-refractivity contribution in [3.63, 3.8) is 0 Å². The van der Waals surface area contributed by atoms with Gasteiger partial charge in [-0.1, -0.05) is 12.1 Å². The third-order valence-corrected chi connectivity index (χ3v) is 5.44. The van der Waals surface area contributed by atoms with Gasteiger partial charge in [0.1, 0.15) is 17.6 Å². The molecule has 1 atom stereocenters. The molecule has 10 heteroatoms. The van der Waals surface area contributed by atoms with E-state index in [0.717, 1.165) is 0 Å². The van der Waals surface area contributed by atoms with E-state index in [1.54, 1.807) is 54.7 Å². The number of hydrogen-bond donors (Lipinski definition) is 2. The van der Waals surface area contributed by atoms with Crippen LogP contribution in [-0.2, 0) is 16.0 Å². The fourth-order valence-electron chi connectivity index (χ4n) is 3.59. The fourth-order valence-corrected chi connectivity index (χ4v) is 3.59. The Bertz CT molecular complexity index is 1400. The Morgan fingerprint density at radius 2 is 1.78 bits per heavy atom. The molecule has 2 heterocycles. The molecule has 0 radical (unpaired) electrons. The minimum Gasteiger partial charge on any atom is -0.497 e. The van der Waals surface area contributed by atoms with E-state index in [0.29, 0.717) is 22.6 Å². The predicted molar refractivity (Wildman–Crippen MR) is 129 cm³/mol. The predicted octanol–water partition coefficient (Wildman–Crippen LogP) is 2.48. The van der Waals surface area contributed by atoms with Crippen LogP contribution in [0.1, 0.15) is 15.9 Å². The second-order valence-electron chi connectivity index (χ2n) is 7.83. The standard InChI is InChI=1S/C26H22FN5O4/c1-36-19-10-4-16(5-11-19)15-22(23(33)24(28)34)30-26(35)20-3-2-13-29-25(20)32-14-12-21(31-32)17-6-8-18(27)9-7-17/h2-14,22H,15H2,1H3,(H2,28,34)(H,30,35). The van der Waals surface area contributed by atoms with Gasteiger partial charge < -0.3 is 15.8 Å². The quantitative estimate of drug-likeness (QED) is 0.349. The normalized spacial score (nSPS) is 11.5. The maximum atomic E-state index is 13.3. The Hall–Kier alpha value is -4.86. The molecule has 1 unspecified atom stereocenters. The number of ketones is 1. The summed E-state index contributed by atoms with van der Waals surface area (Å²) >= 11 is 0. The number of nitrogens with one attached hydrogen (secondary N) is 1. The summed E-state index contributed by atoms with van der Waals surface area (Å²) < 4.78 is 19.8. The van der Waals surface area contributed by atoms with E-state index in [9.17, 15) is 18.8 Å². The number of benzene rings is 2. The summed E-state index contributed by atoms with van der Waals surface area (Å²) in [5.74, 6) is -2.25. The van der Waals surface area contributed by atoms with E-state index in [1.165, 1.54) is 36.2 Å². The van der Waals surface area contributed by atoms with Crippen molar-refractivity contribution in [2.45, 2.75) is 12.5 Å². The summed E-state index contributed by atoms with van der Waals surface area (Å²) in [5, 5.41) is 7.05. The van der Waals surface area contributed by atoms with Crippen LogP contribution in [0, 0.1) is 5.82 Å². The van der Waals surface area contributed by atoms with E-state index >= 15 is 0 Å². The number of rotatable bonds is 9. The average Bonchev–Trinajstić information content (AvgIpc) is 3.39. The number of pyridine rings is 1. The van der Waals surface area contributed by atoms with Gasteiger partial charge in [-0.05, 0) is 60.2 Å². The first-order chi connectivity index (χ1) is 17.4. The number of nitrogens with two attached hydrogens (primary N) is 1. The maximum Gasteiger partial charge on any atom is 0.287 e. The maximum absolute atomic E-state index is 13.3. The lowest BCUT2D eigenvalue weighted by atomic mass is 10.0. The first kappa shape index (κ1) is 24.3. The van der Waals surface area contributed by atoms with Crippen LogP contribution in [0.25, 0.3) is 17.1 Å². The minimum absolute atomic E-state index is 0.0452. The molecule has 9 nitrogen and oxygen atoms in total. The second kappa shape index (κ2) is 10.6. The molecule has 0 bridgehead atoms. The molecular formula is C26H22FN5O4. The largest absolute Gasteiger partial charge is 0.497 e. The Labute approximate surface area is 205 Å². The lowest BCUT2D eigenvalue weighted by molar-refractivity contribution is -0.137. The first-order valence-electron chi connectivity index (χ1n) is 10.9. The lowest BCUT2D eigenvalue weighted by Crippen LogP contribution is -2.47. The highest BCUT2D eigenvalue weighted by Gasteiger charge is 2.27. The number of carbonyl (C=O) groups is 3. The molecule has 0 saturated heterocycles. The van der Waals surface area contributed by atoms with E-state index < -0.39 is 23.6 Å². The van der Waals surface area contributed by atoms with Gasteiger partial charge in [0.05, 0.1) is 18.4 Å². The smallest absolute Gasteiger partial charge is 0.287 e. The molecular weight excluding hydrogens is 465 g/mol. The van der Waals surface area contributed by atoms with Crippen molar-refractivity contribution in [1.82, 2.24) is 20.1 Å².